The molecule has 2 unspecified atom stereocenters. The third-order valence-electron chi connectivity index (χ3n) is 2.47. The van der Waals surface area contributed by atoms with Crippen molar-refractivity contribution in [2.45, 2.75) is 18.6 Å². The molecule has 0 fully saturated rings. The maximum atomic E-state index is 11.3. The molecule has 0 saturated carbocycles. The average Bonchev–Trinajstić information content (AvgIpc) is 2.45. The molecule has 0 radical (unpaired) electrons. The molecule has 0 aromatic carbocycles. The van der Waals surface area contributed by atoms with Crippen LogP contribution < -0.4 is 0 Å². The van der Waals surface area contributed by atoms with Crippen molar-refractivity contribution in [3.63, 3.8) is 0 Å². The topological polar surface area (TPSA) is 128 Å². The molecule has 1 heterocycles. The van der Waals surface area contributed by atoms with Crippen LogP contribution in [0.1, 0.15) is 28.4 Å². The Labute approximate surface area is 109 Å². The van der Waals surface area contributed by atoms with Crippen LogP contribution in [0.15, 0.2) is 23.6 Å². The van der Waals surface area contributed by atoms with Crippen molar-refractivity contribution in [1.82, 2.24) is 4.98 Å². The Bertz CT molecular complexity index is 487. The minimum atomic E-state index is -1.22. The minimum absolute atomic E-state index is 0.0683. The van der Waals surface area contributed by atoms with E-state index in [4.69, 9.17) is 5.53 Å². The number of azide groups is 1. The third kappa shape index (κ3) is 4.22. The van der Waals surface area contributed by atoms with Gasteiger partial charge in [0.1, 0.15) is 6.10 Å². The summed E-state index contributed by atoms with van der Waals surface area (Å²) < 4.78 is 4.53. The van der Waals surface area contributed by atoms with Gasteiger partial charge in [0, 0.05) is 29.4 Å². The normalized spacial score (nSPS) is 13.2. The average molecular weight is 266 g/mol. The van der Waals surface area contributed by atoms with Gasteiger partial charge in [-0.15, -0.1) is 0 Å². The van der Waals surface area contributed by atoms with Crippen molar-refractivity contribution in [3.8, 4) is 0 Å². The summed E-state index contributed by atoms with van der Waals surface area (Å²) in [6.07, 6.45) is 0.418. The van der Waals surface area contributed by atoms with Crippen LogP contribution in [0.5, 0.6) is 0 Å². The van der Waals surface area contributed by atoms with Gasteiger partial charge in [-0.25, -0.2) is 4.79 Å². The van der Waals surface area contributed by atoms with Gasteiger partial charge >= 0.3 is 5.97 Å². The van der Waals surface area contributed by atoms with Gasteiger partial charge in [-0.05, 0) is 18.0 Å². The van der Waals surface area contributed by atoms with Gasteiger partial charge in [-0.1, -0.05) is 5.11 Å². The van der Waals surface area contributed by atoms with E-state index in [9.17, 15) is 15.0 Å². The number of carbonyl (C=O) groups excluding carboxylic acids is 1. The lowest BCUT2D eigenvalue weighted by Gasteiger charge is -2.17. The Morgan fingerprint density at radius 2 is 2.32 bits per heavy atom. The highest BCUT2D eigenvalue weighted by atomic mass is 16.5. The summed E-state index contributed by atoms with van der Waals surface area (Å²) in [6, 6.07) is 1.39. The zero-order chi connectivity index (χ0) is 14.3. The summed E-state index contributed by atoms with van der Waals surface area (Å²) in [5.41, 5.74) is 8.58. The van der Waals surface area contributed by atoms with E-state index < -0.39 is 18.2 Å². The molecule has 2 N–H and O–H groups in total. The van der Waals surface area contributed by atoms with Gasteiger partial charge in [0.05, 0.1) is 18.8 Å². The van der Waals surface area contributed by atoms with Crippen LogP contribution >= 0.6 is 0 Å². The van der Waals surface area contributed by atoms with Crippen LogP contribution in [0.2, 0.25) is 0 Å². The van der Waals surface area contributed by atoms with Crippen molar-refractivity contribution >= 4 is 5.97 Å². The van der Waals surface area contributed by atoms with Crippen molar-refractivity contribution in [3.05, 3.63) is 40.0 Å². The smallest absolute Gasteiger partial charge is 0.339 e. The number of hydrogen-bond acceptors (Lipinski definition) is 6. The summed E-state index contributed by atoms with van der Waals surface area (Å²) >= 11 is 0. The molecule has 0 aliphatic rings. The van der Waals surface area contributed by atoms with Crippen molar-refractivity contribution in [1.29, 1.82) is 0 Å². The first-order valence-corrected chi connectivity index (χ1v) is 5.50. The second-order valence-corrected chi connectivity index (χ2v) is 3.75. The molecule has 0 spiro atoms. The van der Waals surface area contributed by atoms with Gasteiger partial charge in [0.15, 0.2) is 0 Å². The molecule has 8 nitrogen and oxygen atoms in total. The predicted molar refractivity (Wildman–Crippen MR) is 65.2 cm³/mol. The zero-order valence-electron chi connectivity index (χ0n) is 10.3. The van der Waals surface area contributed by atoms with E-state index in [1.807, 2.05) is 0 Å². The van der Waals surface area contributed by atoms with Crippen molar-refractivity contribution in [2.24, 2.45) is 5.11 Å². The molecule has 1 rings (SSSR count). The van der Waals surface area contributed by atoms with Gasteiger partial charge in [0.25, 0.3) is 0 Å². The summed E-state index contributed by atoms with van der Waals surface area (Å²) in [4.78, 5) is 17.7. The fourth-order valence-electron chi connectivity index (χ4n) is 1.46. The summed E-state index contributed by atoms with van der Waals surface area (Å²) in [7, 11) is 1.24. The van der Waals surface area contributed by atoms with Gasteiger partial charge < -0.3 is 14.9 Å². The van der Waals surface area contributed by atoms with E-state index in [-0.39, 0.29) is 24.1 Å². The highest BCUT2D eigenvalue weighted by molar-refractivity contribution is 5.89. The zero-order valence-corrected chi connectivity index (χ0v) is 10.3. The van der Waals surface area contributed by atoms with Gasteiger partial charge in [-0.2, -0.15) is 0 Å². The highest BCUT2D eigenvalue weighted by Gasteiger charge is 2.19. The summed E-state index contributed by atoms with van der Waals surface area (Å²) in [6.45, 7) is 0.0683. The lowest BCUT2D eigenvalue weighted by atomic mass is 10.0. The number of rotatable bonds is 6. The number of aliphatic hydroxyl groups excluding tert-OH is 2. The first kappa shape index (κ1) is 14.9. The van der Waals surface area contributed by atoms with E-state index in [2.05, 4.69) is 19.7 Å². The van der Waals surface area contributed by atoms with Gasteiger partial charge in [-0.3, -0.25) is 4.98 Å². The van der Waals surface area contributed by atoms with Crippen molar-refractivity contribution < 1.29 is 19.7 Å². The molecule has 1 aromatic heterocycles. The van der Waals surface area contributed by atoms with E-state index in [1.54, 1.807) is 0 Å². The number of ether oxygens (including phenoxy) is 1. The Morgan fingerprint density at radius 1 is 1.58 bits per heavy atom. The molecule has 2 atom stereocenters. The highest BCUT2D eigenvalue weighted by Crippen LogP contribution is 2.19. The largest absolute Gasteiger partial charge is 0.465 e. The molecule has 0 aliphatic carbocycles. The maximum absolute atomic E-state index is 11.3. The third-order valence-corrected chi connectivity index (χ3v) is 2.47. The second-order valence-electron chi connectivity index (χ2n) is 3.75. The Morgan fingerprint density at radius 3 is 2.95 bits per heavy atom. The standard InChI is InChI=1S/C11H14N4O4/c1-19-11(18)8-4-7(5-13-6-8)10(17)9(16)2-3-14-15-12/h4-6,9-10,16-17H,2-3H2,1H3. The lowest BCUT2D eigenvalue weighted by Crippen LogP contribution is -2.19. The number of aromatic nitrogens is 1. The van der Waals surface area contributed by atoms with Crippen LogP contribution in [0, 0.1) is 0 Å². The van der Waals surface area contributed by atoms with Crippen LogP contribution in [0.3, 0.4) is 0 Å². The summed E-state index contributed by atoms with van der Waals surface area (Å²) in [5, 5.41) is 22.9. The van der Waals surface area contributed by atoms with Crippen LogP contribution in [-0.4, -0.2) is 40.9 Å². The number of nitrogens with zero attached hydrogens (tertiary/aromatic N) is 4. The molecule has 0 saturated heterocycles. The van der Waals surface area contributed by atoms with Gasteiger partial charge in [0.2, 0.25) is 0 Å². The molecule has 19 heavy (non-hydrogen) atoms. The fraction of sp³-hybridized carbons (Fsp3) is 0.455. The second kappa shape index (κ2) is 7.32. The van der Waals surface area contributed by atoms with Crippen molar-refractivity contribution in [2.75, 3.05) is 13.7 Å². The van der Waals surface area contributed by atoms with Crippen LogP contribution in [-0.2, 0) is 4.74 Å². The maximum Gasteiger partial charge on any atom is 0.339 e. The van der Waals surface area contributed by atoms with E-state index in [0.29, 0.717) is 0 Å². The Kier molecular flexibility index (Phi) is 5.74. The summed E-state index contributed by atoms with van der Waals surface area (Å²) in [5.74, 6) is -0.579. The van der Waals surface area contributed by atoms with E-state index in [0.717, 1.165) is 0 Å². The number of methoxy groups -OCH3 is 1. The van der Waals surface area contributed by atoms with Crippen LogP contribution in [0.25, 0.3) is 10.4 Å². The van der Waals surface area contributed by atoms with Crippen LogP contribution in [0.4, 0.5) is 0 Å². The Hall–Kier alpha value is -2.15. The minimum Gasteiger partial charge on any atom is -0.465 e. The molecule has 0 aliphatic heterocycles. The van der Waals surface area contributed by atoms with E-state index >= 15 is 0 Å². The number of pyridine rings is 1. The Balaban J connectivity index is 2.78. The molecule has 8 heteroatoms. The SMILES string of the molecule is COC(=O)c1cncc(C(O)C(O)CCN=[N+]=[N-])c1. The first-order valence-electron chi connectivity index (χ1n) is 5.50. The predicted octanol–water partition coefficient (Wildman–Crippen LogP) is 0.963. The monoisotopic (exact) mass is 266 g/mol. The number of hydrogen-bond donors (Lipinski definition) is 2. The molecule has 102 valence electrons. The molecule has 1 aromatic rings. The number of esters is 1. The molecular formula is C11H14N4O4. The molecular weight excluding hydrogens is 252 g/mol. The fourth-order valence-corrected chi connectivity index (χ4v) is 1.46. The number of aliphatic hydroxyl groups is 2. The molecule has 0 amide bonds. The number of carbonyl (C=O) groups is 1. The quantitative estimate of drug-likeness (QED) is 0.343. The molecule has 0 bridgehead atoms. The first-order chi connectivity index (χ1) is 9.10. The lowest BCUT2D eigenvalue weighted by molar-refractivity contribution is 0.0147. The van der Waals surface area contributed by atoms with E-state index in [1.165, 1.54) is 25.6 Å².